The lowest BCUT2D eigenvalue weighted by Crippen LogP contribution is -2.76. The summed E-state index contributed by atoms with van der Waals surface area (Å²) in [6.07, 6.45) is 0. The number of nitrogens with zero attached hydrogens (tertiary/aromatic N) is 2. The third-order valence-electron chi connectivity index (χ3n) is 10.5. The quantitative estimate of drug-likeness (QED) is 0.177. The average molecular weight is 617 g/mol. The van der Waals surface area contributed by atoms with Gasteiger partial charge in [-0.15, -0.1) is 0 Å². The highest BCUT2D eigenvalue weighted by Gasteiger charge is 2.47. The molecule has 0 atom stereocenters. The SMILES string of the molecule is Cc1ccc2c(c1)c1cc(C)ccc1n2-c1ccc2c(c1)c1cccc3c1n2-c1ccccc1[Si]3(c1ccccc1)c1ccccc1. The molecule has 3 heterocycles. The molecule has 0 amide bonds. The van der Waals surface area contributed by atoms with Crippen LogP contribution >= 0.6 is 0 Å². The summed E-state index contributed by atoms with van der Waals surface area (Å²) in [7, 11) is -2.65. The van der Waals surface area contributed by atoms with E-state index in [-0.39, 0.29) is 0 Å². The molecule has 1 aliphatic heterocycles. The third-order valence-corrected chi connectivity index (χ3v) is 15.3. The van der Waals surface area contributed by atoms with E-state index >= 15 is 0 Å². The lowest BCUT2D eigenvalue weighted by atomic mass is 10.1. The first-order valence-corrected chi connectivity index (χ1v) is 18.4. The first-order chi connectivity index (χ1) is 23.1. The lowest BCUT2D eigenvalue weighted by Gasteiger charge is -2.39. The lowest BCUT2D eigenvalue weighted by molar-refractivity contribution is 1.17. The second-order valence-electron chi connectivity index (χ2n) is 13.1. The van der Waals surface area contributed by atoms with Crippen molar-refractivity contribution in [3.05, 3.63) is 169 Å². The Morgan fingerprint density at radius 2 is 0.936 bits per heavy atom. The van der Waals surface area contributed by atoms with Gasteiger partial charge < -0.3 is 9.13 Å². The molecule has 0 saturated heterocycles. The maximum atomic E-state index is 2.55. The van der Waals surface area contributed by atoms with Gasteiger partial charge in [-0.2, -0.15) is 0 Å². The van der Waals surface area contributed by atoms with Gasteiger partial charge in [0.05, 0.1) is 22.1 Å². The zero-order chi connectivity index (χ0) is 31.3. The Morgan fingerprint density at radius 1 is 0.404 bits per heavy atom. The predicted octanol–water partition coefficient (Wildman–Crippen LogP) is 8.19. The van der Waals surface area contributed by atoms with Crippen LogP contribution in [0.4, 0.5) is 0 Å². The molecule has 0 fully saturated rings. The van der Waals surface area contributed by atoms with Gasteiger partial charge in [0.2, 0.25) is 0 Å². The minimum absolute atomic E-state index is 1.19. The van der Waals surface area contributed by atoms with Gasteiger partial charge in [-0.05, 0) is 83.1 Å². The van der Waals surface area contributed by atoms with Crippen molar-refractivity contribution in [1.82, 2.24) is 9.13 Å². The summed E-state index contributed by atoms with van der Waals surface area (Å²) < 4.78 is 5.01. The summed E-state index contributed by atoms with van der Waals surface area (Å²) in [6.45, 7) is 4.37. The van der Waals surface area contributed by atoms with Crippen molar-refractivity contribution in [3.8, 4) is 11.4 Å². The molecule has 3 heteroatoms. The van der Waals surface area contributed by atoms with Crippen molar-refractivity contribution >= 4 is 72.4 Å². The number of aromatic nitrogens is 2. The molecule has 0 unspecified atom stereocenters. The second-order valence-corrected chi connectivity index (χ2v) is 16.8. The number of benzene rings is 7. The molecule has 0 bridgehead atoms. The minimum atomic E-state index is -2.65. The minimum Gasteiger partial charge on any atom is -0.309 e. The highest BCUT2D eigenvalue weighted by molar-refractivity contribution is 7.21. The van der Waals surface area contributed by atoms with Crippen LogP contribution in [-0.4, -0.2) is 17.2 Å². The van der Waals surface area contributed by atoms with E-state index in [1.807, 2.05) is 0 Å². The highest BCUT2D eigenvalue weighted by atomic mass is 28.3. The smallest absolute Gasteiger partial charge is 0.184 e. The van der Waals surface area contributed by atoms with Crippen LogP contribution in [-0.2, 0) is 0 Å². The van der Waals surface area contributed by atoms with Gasteiger partial charge in [0, 0.05) is 32.9 Å². The van der Waals surface area contributed by atoms with E-state index in [0.717, 1.165) is 0 Å². The molecule has 222 valence electrons. The van der Waals surface area contributed by atoms with Gasteiger partial charge in [0.1, 0.15) is 0 Å². The van der Waals surface area contributed by atoms with Gasteiger partial charge in [-0.3, -0.25) is 0 Å². The molecular formula is C44H32N2Si. The Hall–Kier alpha value is -5.64. The van der Waals surface area contributed by atoms with Gasteiger partial charge >= 0.3 is 0 Å². The van der Waals surface area contributed by atoms with Gasteiger partial charge in [-0.1, -0.05) is 120 Å². The van der Waals surface area contributed by atoms with Crippen molar-refractivity contribution in [1.29, 1.82) is 0 Å². The Kier molecular flexibility index (Phi) is 5.47. The number of para-hydroxylation sites is 2. The van der Waals surface area contributed by atoms with Crippen molar-refractivity contribution in [2.45, 2.75) is 13.8 Å². The molecule has 1 aliphatic rings. The third kappa shape index (κ3) is 3.49. The molecule has 2 nitrogen and oxygen atoms in total. The van der Waals surface area contributed by atoms with Gasteiger partial charge in [0.15, 0.2) is 8.07 Å². The molecule has 0 spiro atoms. The van der Waals surface area contributed by atoms with E-state index in [1.165, 1.54) is 86.9 Å². The molecule has 9 aromatic rings. The van der Waals surface area contributed by atoms with Gasteiger partial charge in [-0.25, -0.2) is 0 Å². The highest BCUT2D eigenvalue weighted by Crippen LogP contribution is 2.38. The summed E-state index contributed by atoms with van der Waals surface area (Å²) in [6, 6.07) is 59.6. The molecule has 0 aliphatic carbocycles. The average Bonchev–Trinajstić information content (AvgIpc) is 3.62. The van der Waals surface area contributed by atoms with Crippen LogP contribution in [0.3, 0.4) is 0 Å². The van der Waals surface area contributed by atoms with Crippen LogP contribution in [0.5, 0.6) is 0 Å². The molecule has 10 rings (SSSR count). The number of fused-ring (bicyclic) bond motifs is 8. The Balaban J connectivity index is 1.34. The van der Waals surface area contributed by atoms with Crippen LogP contribution in [0.2, 0.25) is 0 Å². The first-order valence-electron chi connectivity index (χ1n) is 16.4. The zero-order valence-electron chi connectivity index (χ0n) is 26.4. The molecule has 2 aromatic heterocycles. The van der Waals surface area contributed by atoms with Crippen molar-refractivity contribution in [2.75, 3.05) is 0 Å². The van der Waals surface area contributed by atoms with Gasteiger partial charge in [0.25, 0.3) is 0 Å². The van der Waals surface area contributed by atoms with Crippen LogP contribution in [0.1, 0.15) is 11.1 Å². The van der Waals surface area contributed by atoms with E-state index in [2.05, 4.69) is 181 Å². The largest absolute Gasteiger partial charge is 0.309 e. The monoisotopic (exact) mass is 616 g/mol. The number of hydrogen-bond acceptors (Lipinski definition) is 0. The normalized spacial score (nSPS) is 13.5. The summed E-state index contributed by atoms with van der Waals surface area (Å²) in [5, 5.41) is 10.9. The Morgan fingerprint density at radius 3 is 1.60 bits per heavy atom. The van der Waals surface area contributed by atoms with Crippen molar-refractivity contribution in [2.24, 2.45) is 0 Å². The van der Waals surface area contributed by atoms with E-state index in [1.54, 1.807) is 0 Å². The summed E-state index contributed by atoms with van der Waals surface area (Å²) in [5.74, 6) is 0. The fourth-order valence-corrected chi connectivity index (χ4v) is 13.7. The van der Waals surface area contributed by atoms with Crippen molar-refractivity contribution < 1.29 is 0 Å². The molecule has 0 saturated carbocycles. The maximum Gasteiger partial charge on any atom is 0.184 e. The van der Waals surface area contributed by atoms with Crippen LogP contribution in [0.25, 0.3) is 55.0 Å². The summed E-state index contributed by atoms with van der Waals surface area (Å²) in [5.41, 5.74) is 10.1. The van der Waals surface area contributed by atoms with Crippen LogP contribution < -0.4 is 20.7 Å². The topological polar surface area (TPSA) is 9.86 Å². The maximum absolute atomic E-state index is 2.65. The van der Waals surface area contributed by atoms with Crippen molar-refractivity contribution in [3.63, 3.8) is 0 Å². The summed E-state index contributed by atoms with van der Waals surface area (Å²) >= 11 is 0. The first kappa shape index (κ1) is 26.6. The van der Waals surface area contributed by atoms with E-state index in [4.69, 9.17) is 0 Å². The second kappa shape index (κ2) is 9.68. The van der Waals surface area contributed by atoms with Crippen LogP contribution in [0.15, 0.2) is 158 Å². The molecule has 47 heavy (non-hydrogen) atoms. The molecule has 0 radical (unpaired) electrons. The summed E-state index contributed by atoms with van der Waals surface area (Å²) in [4.78, 5) is 0. The van der Waals surface area contributed by atoms with E-state index in [0.29, 0.717) is 0 Å². The predicted molar refractivity (Wildman–Crippen MR) is 202 cm³/mol. The standard InChI is InChI=1S/C44H32N2Si/c1-29-20-23-38-35(26-29)36-27-30(2)21-24-39(36)45(38)31-22-25-40-37(28-31)34-16-11-19-43-44(34)46(40)41-17-9-10-18-42(41)47(43,32-12-5-3-6-13-32)33-14-7-4-8-15-33/h3-28H,1-2H3. The number of rotatable bonds is 3. The van der Waals surface area contributed by atoms with E-state index < -0.39 is 8.07 Å². The fraction of sp³-hybridized carbons (Fsp3) is 0.0455. The van der Waals surface area contributed by atoms with E-state index in [9.17, 15) is 0 Å². The Labute approximate surface area is 274 Å². The molecular weight excluding hydrogens is 585 g/mol. The fourth-order valence-electron chi connectivity index (χ4n) is 8.57. The van der Waals surface area contributed by atoms with Crippen LogP contribution in [0, 0.1) is 13.8 Å². The number of hydrogen-bond donors (Lipinski definition) is 0. The molecule has 0 N–H and O–H groups in total. The zero-order valence-corrected chi connectivity index (χ0v) is 27.4. The Bertz CT molecular complexity index is 2600. The molecule has 7 aromatic carbocycles. The number of aryl methyl sites for hydroxylation is 2.